The van der Waals surface area contributed by atoms with Gasteiger partial charge >= 0.3 is 5.97 Å². The van der Waals surface area contributed by atoms with Gasteiger partial charge in [-0.1, -0.05) is 12.1 Å². The van der Waals surface area contributed by atoms with Crippen molar-refractivity contribution in [1.29, 1.82) is 0 Å². The minimum absolute atomic E-state index is 0.166. The third-order valence-corrected chi connectivity index (χ3v) is 2.76. The minimum atomic E-state index is -0.519. The number of pyridine rings is 1. The Morgan fingerprint density at radius 1 is 1.29 bits per heavy atom. The standard InChI is InChI=1S/C15H13FN2O3/c1-21-15(20)11-5-6-13(17-9-11)14(19)18-8-10-3-2-4-12(16)7-10/h2-7,9H,8H2,1H3,(H,18,19). The Balaban J connectivity index is 1.99. The van der Waals surface area contributed by atoms with Crippen LogP contribution in [0, 0.1) is 5.82 Å². The highest BCUT2D eigenvalue weighted by Gasteiger charge is 2.10. The molecular formula is C15H13FN2O3. The topological polar surface area (TPSA) is 68.3 Å². The highest BCUT2D eigenvalue weighted by Crippen LogP contribution is 2.05. The van der Waals surface area contributed by atoms with Crippen molar-refractivity contribution in [2.45, 2.75) is 6.54 Å². The average Bonchev–Trinajstić information content (AvgIpc) is 2.52. The molecule has 0 unspecified atom stereocenters. The molecule has 1 N–H and O–H groups in total. The number of halogens is 1. The summed E-state index contributed by atoms with van der Waals surface area (Å²) in [6, 6.07) is 8.83. The lowest BCUT2D eigenvalue weighted by molar-refractivity contribution is 0.0599. The van der Waals surface area contributed by atoms with Crippen LogP contribution in [0.5, 0.6) is 0 Å². The van der Waals surface area contributed by atoms with E-state index in [2.05, 4.69) is 15.0 Å². The van der Waals surface area contributed by atoms with E-state index in [1.807, 2.05) is 0 Å². The summed E-state index contributed by atoms with van der Waals surface area (Å²) in [6.45, 7) is 0.191. The van der Waals surface area contributed by atoms with E-state index < -0.39 is 11.9 Å². The van der Waals surface area contributed by atoms with Crippen LogP contribution in [0.3, 0.4) is 0 Å². The number of rotatable bonds is 4. The molecule has 1 aromatic carbocycles. The molecule has 6 heteroatoms. The van der Waals surface area contributed by atoms with E-state index in [4.69, 9.17) is 0 Å². The van der Waals surface area contributed by atoms with Crippen LogP contribution < -0.4 is 5.32 Å². The fourth-order valence-electron chi connectivity index (χ4n) is 1.69. The second-order valence-electron chi connectivity index (χ2n) is 4.24. The molecule has 0 aliphatic carbocycles. The van der Waals surface area contributed by atoms with Crippen LogP contribution in [0.4, 0.5) is 4.39 Å². The Hall–Kier alpha value is -2.76. The third-order valence-electron chi connectivity index (χ3n) is 2.76. The van der Waals surface area contributed by atoms with Crippen molar-refractivity contribution >= 4 is 11.9 Å². The summed E-state index contributed by atoms with van der Waals surface area (Å²) < 4.78 is 17.5. The molecular weight excluding hydrogens is 275 g/mol. The lowest BCUT2D eigenvalue weighted by Crippen LogP contribution is -2.24. The fraction of sp³-hybridized carbons (Fsp3) is 0.133. The number of methoxy groups -OCH3 is 1. The molecule has 5 nitrogen and oxygen atoms in total. The van der Waals surface area contributed by atoms with Crippen molar-refractivity contribution in [3.8, 4) is 0 Å². The number of hydrogen-bond donors (Lipinski definition) is 1. The maximum atomic E-state index is 13.0. The summed E-state index contributed by atoms with van der Waals surface area (Å²) >= 11 is 0. The van der Waals surface area contributed by atoms with Crippen LogP contribution in [-0.2, 0) is 11.3 Å². The second kappa shape index (κ2) is 6.60. The largest absolute Gasteiger partial charge is 0.465 e. The first-order valence-electron chi connectivity index (χ1n) is 6.17. The lowest BCUT2D eigenvalue weighted by atomic mass is 10.2. The van der Waals surface area contributed by atoms with Crippen molar-refractivity contribution in [1.82, 2.24) is 10.3 Å². The number of aromatic nitrogens is 1. The van der Waals surface area contributed by atoms with Gasteiger partial charge in [-0.05, 0) is 29.8 Å². The predicted molar refractivity (Wildman–Crippen MR) is 73.1 cm³/mol. The number of hydrogen-bond acceptors (Lipinski definition) is 4. The number of amides is 1. The van der Waals surface area contributed by atoms with Gasteiger partial charge in [0.2, 0.25) is 0 Å². The van der Waals surface area contributed by atoms with Crippen LogP contribution in [0.1, 0.15) is 26.4 Å². The van der Waals surface area contributed by atoms with E-state index in [0.29, 0.717) is 5.56 Å². The maximum Gasteiger partial charge on any atom is 0.339 e. The van der Waals surface area contributed by atoms with Gasteiger partial charge in [-0.15, -0.1) is 0 Å². The number of benzene rings is 1. The normalized spacial score (nSPS) is 10.0. The van der Waals surface area contributed by atoms with Gasteiger partial charge in [0, 0.05) is 12.7 Å². The monoisotopic (exact) mass is 288 g/mol. The molecule has 1 amide bonds. The van der Waals surface area contributed by atoms with Gasteiger partial charge in [0.15, 0.2) is 0 Å². The summed E-state index contributed by atoms with van der Waals surface area (Å²) in [7, 11) is 1.27. The first kappa shape index (κ1) is 14.6. The third kappa shape index (κ3) is 3.85. The van der Waals surface area contributed by atoms with Crippen molar-refractivity contribution in [2.75, 3.05) is 7.11 Å². The molecule has 21 heavy (non-hydrogen) atoms. The van der Waals surface area contributed by atoms with E-state index in [-0.39, 0.29) is 23.6 Å². The molecule has 2 aromatic rings. The van der Waals surface area contributed by atoms with Crippen molar-refractivity contribution in [3.63, 3.8) is 0 Å². The number of esters is 1. The van der Waals surface area contributed by atoms with Crippen molar-refractivity contribution < 1.29 is 18.7 Å². The van der Waals surface area contributed by atoms with E-state index in [9.17, 15) is 14.0 Å². The quantitative estimate of drug-likeness (QED) is 0.873. The highest BCUT2D eigenvalue weighted by atomic mass is 19.1. The van der Waals surface area contributed by atoms with Crippen LogP contribution in [0.25, 0.3) is 0 Å². The molecule has 0 atom stereocenters. The van der Waals surface area contributed by atoms with Crippen LogP contribution in [0.15, 0.2) is 42.6 Å². The molecule has 0 saturated carbocycles. The summed E-state index contributed by atoms with van der Waals surface area (Å²) in [5, 5.41) is 2.62. The fourth-order valence-corrected chi connectivity index (χ4v) is 1.69. The Kier molecular flexibility index (Phi) is 4.61. The molecule has 2 rings (SSSR count). The lowest BCUT2D eigenvalue weighted by Gasteiger charge is -2.05. The molecule has 0 aliphatic heterocycles. The molecule has 0 saturated heterocycles. The zero-order chi connectivity index (χ0) is 15.2. The Morgan fingerprint density at radius 3 is 2.71 bits per heavy atom. The van der Waals surface area contributed by atoms with Gasteiger partial charge in [-0.2, -0.15) is 0 Å². The van der Waals surface area contributed by atoms with E-state index in [0.717, 1.165) is 0 Å². The minimum Gasteiger partial charge on any atom is -0.465 e. The zero-order valence-electron chi connectivity index (χ0n) is 11.3. The maximum absolute atomic E-state index is 13.0. The van der Waals surface area contributed by atoms with Gasteiger partial charge in [-0.3, -0.25) is 9.78 Å². The average molecular weight is 288 g/mol. The highest BCUT2D eigenvalue weighted by molar-refractivity contribution is 5.94. The molecule has 0 spiro atoms. The molecule has 0 bridgehead atoms. The number of carbonyl (C=O) groups is 2. The smallest absolute Gasteiger partial charge is 0.339 e. The molecule has 0 aliphatic rings. The SMILES string of the molecule is COC(=O)c1ccc(C(=O)NCc2cccc(F)c2)nc1. The number of nitrogens with zero attached hydrogens (tertiary/aromatic N) is 1. The van der Waals surface area contributed by atoms with Crippen LogP contribution >= 0.6 is 0 Å². The molecule has 1 heterocycles. The second-order valence-corrected chi connectivity index (χ2v) is 4.24. The molecule has 0 radical (unpaired) electrons. The molecule has 0 fully saturated rings. The summed E-state index contributed by atoms with van der Waals surface area (Å²) in [5.41, 5.74) is 1.08. The van der Waals surface area contributed by atoms with Crippen LogP contribution in [0.2, 0.25) is 0 Å². The van der Waals surface area contributed by atoms with Gasteiger partial charge in [0.1, 0.15) is 11.5 Å². The summed E-state index contributed by atoms with van der Waals surface area (Å²) in [5.74, 6) is -1.28. The van der Waals surface area contributed by atoms with Crippen LogP contribution in [-0.4, -0.2) is 24.0 Å². The molecule has 108 valence electrons. The Labute approximate surface area is 120 Å². The zero-order valence-corrected chi connectivity index (χ0v) is 11.3. The van der Waals surface area contributed by atoms with Crippen molar-refractivity contribution in [2.24, 2.45) is 0 Å². The van der Waals surface area contributed by atoms with Gasteiger partial charge in [0.05, 0.1) is 12.7 Å². The summed E-state index contributed by atoms with van der Waals surface area (Å²) in [4.78, 5) is 27.0. The van der Waals surface area contributed by atoms with Gasteiger partial charge < -0.3 is 10.1 Å². The van der Waals surface area contributed by atoms with E-state index in [1.54, 1.807) is 12.1 Å². The predicted octanol–water partition coefficient (Wildman–Crippen LogP) is 1.94. The van der Waals surface area contributed by atoms with Crippen molar-refractivity contribution in [3.05, 3.63) is 65.2 Å². The van der Waals surface area contributed by atoms with Gasteiger partial charge in [0.25, 0.3) is 5.91 Å². The Morgan fingerprint density at radius 2 is 2.10 bits per heavy atom. The molecule has 1 aromatic heterocycles. The van der Waals surface area contributed by atoms with Gasteiger partial charge in [-0.25, -0.2) is 9.18 Å². The van der Waals surface area contributed by atoms with E-state index >= 15 is 0 Å². The van der Waals surface area contributed by atoms with E-state index in [1.165, 1.54) is 37.6 Å². The number of carbonyl (C=O) groups excluding carboxylic acids is 2. The first-order valence-corrected chi connectivity index (χ1v) is 6.17. The number of nitrogens with one attached hydrogen (secondary N) is 1. The summed E-state index contributed by atoms with van der Waals surface area (Å²) in [6.07, 6.45) is 1.27. The number of ether oxygens (including phenoxy) is 1. The first-order chi connectivity index (χ1) is 10.1. The Bertz CT molecular complexity index is 656.